The maximum absolute atomic E-state index is 5.85. The fourth-order valence-corrected chi connectivity index (χ4v) is 1.78. The van der Waals surface area contributed by atoms with E-state index in [1.165, 1.54) is 0 Å². The van der Waals surface area contributed by atoms with Gasteiger partial charge in [0, 0.05) is 25.3 Å². The minimum atomic E-state index is 0.284. The van der Waals surface area contributed by atoms with Crippen molar-refractivity contribution in [2.45, 2.75) is 45.1 Å². The van der Waals surface area contributed by atoms with E-state index in [1.807, 2.05) is 0 Å². The summed E-state index contributed by atoms with van der Waals surface area (Å²) in [6, 6.07) is 0.284. The number of oxazole rings is 1. The summed E-state index contributed by atoms with van der Waals surface area (Å²) in [5.41, 5.74) is 6.95. The highest BCUT2D eigenvalue weighted by atomic mass is 16.4. The molecule has 72 valence electrons. The van der Waals surface area contributed by atoms with Crippen molar-refractivity contribution in [1.82, 2.24) is 4.98 Å². The number of fused-ring (bicyclic) bond motifs is 1. The largest absolute Gasteiger partial charge is 0.445 e. The number of hydrogen-bond acceptors (Lipinski definition) is 3. The van der Waals surface area contributed by atoms with Gasteiger partial charge in [0.15, 0.2) is 5.89 Å². The fourth-order valence-electron chi connectivity index (χ4n) is 1.78. The highest BCUT2D eigenvalue weighted by Gasteiger charge is 2.20. The predicted molar refractivity (Wildman–Crippen MR) is 50.5 cm³/mol. The van der Waals surface area contributed by atoms with Crippen molar-refractivity contribution < 1.29 is 4.42 Å². The first-order valence-electron chi connectivity index (χ1n) is 5.02. The van der Waals surface area contributed by atoms with Gasteiger partial charge in [-0.15, -0.1) is 0 Å². The van der Waals surface area contributed by atoms with Gasteiger partial charge in [0.05, 0.1) is 5.69 Å². The molecule has 1 aromatic heterocycles. The van der Waals surface area contributed by atoms with Gasteiger partial charge in [0.1, 0.15) is 5.76 Å². The Labute approximate surface area is 78.3 Å². The van der Waals surface area contributed by atoms with Crippen molar-refractivity contribution >= 4 is 0 Å². The molecule has 2 N–H and O–H groups in total. The molecule has 0 saturated heterocycles. The number of aromatic nitrogens is 1. The molecule has 3 heteroatoms. The van der Waals surface area contributed by atoms with Gasteiger partial charge < -0.3 is 10.2 Å². The standard InChI is InChI=1S/C10H16N2O/c1-2-3-10-12-8-6-7(11)4-5-9(8)13-10/h7H,2-6,11H2,1H3. The van der Waals surface area contributed by atoms with E-state index in [4.69, 9.17) is 10.2 Å². The second-order valence-electron chi connectivity index (χ2n) is 3.73. The van der Waals surface area contributed by atoms with E-state index in [-0.39, 0.29) is 6.04 Å². The van der Waals surface area contributed by atoms with Crippen LogP contribution in [0.4, 0.5) is 0 Å². The van der Waals surface area contributed by atoms with Gasteiger partial charge in [-0.3, -0.25) is 0 Å². The van der Waals surface area contributed by atoms with Crippen LogP contribution in [-0.2, 0) is 19.3 Å². The van der Waals surface area contributed by atoms with E-state index in [1.54, 1.807) is 0 Å². The Kier molecular flexibility index (Phi) is 2.36. The van der Waals surface area contributed by atoms with Gasteiger partial charge in [-0.1, -0.05) is 6.92 Å². The van der Waals surface area contributed by atoms with E-state index in [0.717, 1.165) is 49.4 Å². The van der Waals surface area contributed by atoms with E-state index in [9.17, 15) is 0 Å². The summed E-state index contributed by atoms with van der Waals surface area (Å²) in [4.78, 5) is 4.44. The van der Waals surface area contributed by atoms with E-state index in [0.29, 0.717) is 0 Å². The molecule has 13 heavy (non-hydrogen) atoms. The third-order valence-corrected chi connectivity index (χ3v) is 2.48. The minimum absolute atomic E-state index is 0.284. The summed E-state index contributed by atoms with van der Waals surface area (Å²) in [6.07, 6.45) is 4.93. The van der Waals surface area contributed by atoms with Crippen molar-refractivity contribution in [3.05, 3.63) is 17.3 Å². The molecule has 1 unspecified atom stereocenters. The summed E-state index contributed by atoms with van der Waals surface area (Å²) in [7, 11) is 0. The average molecular weight is 180 g/mol. The van der Waals surface area contributed by atoms with Gasteiger partial charge in [-0.25, -0.2) is 4.98 Å². The first kappa shape index (κ1) is 8.75. The van der Waals surface area contributed by atoms with Crippen LogP contribution < -0.4 is 5.73 Å². The van der Waals surface area contributed by atoms with Gasteiger partial charge in [0.25, 0.3) is 0 Å². The van der Waals surface area contributed by atoms with Crippen LogP contribution in [0.15, 0.2) is 4.42 Å². The van der Waals surface area contributed by atoms with Crippen molar-refractivity contribution in [2.75, 3.05) is 0 Å². The zero-order valence-electron chi connectivity index (χ0n) is 8.05. The molecule has 1 atom stereocenters. The Hall–Kier alpha value is -0.830. The molecule has 0 fully saturated rings. The topological polar surface area (TPSA) is 52.0 Å². The molecular weight excluding hydrogens is 164 g/mol. The molecule has 1 aliphatic carbocycles. The molecule has 0 amide bonds. The number of hydrogen-bond donors (Lipinski definition) is 1. The number of nitrogens with two attached hydrogens (primary N) is 1. The van der Waals surface area contributed by atoms with Crippen LogP contribution in [0, 0.1) is 0 Å². The van der Waals surface area contributed by atoms with Crippen LogP contribution in [0.3, 0.4) is 0 Å². The molecule has 0 saturated carbocycles. The summed E-state index contributed by atoms with van der Waals surface area (Å²) >= 11 is 0. The smallest absolute Gasteiger partial charge is 0.194 e. The maximum Gasteiger partial charge on any atom is 0.194 e. The second kappa shape index (κ2) is 3.50. The van der Waals surface area contributed by atoms with Crippen LogP contribution in [0.5, 0.6) is 0 Å². The average Bonchev–Trinajstić information content (AvgIpc) is 2.46. The lowest BCUT2D eigenvalue weighted by atomic mass is 9.98. The number of rotatable bonds is 2. The van der Waals surface area contributed by atoms with E-state index < -0.39 is 0 Å². The molecule has 1 heterocycles. The molecule has 1 aromatic rings. The molecular formula is C10H16N2O. The lowest BCUT2D eigenvalue weighted by Crippen LogP contribution is -2.27. The molecule has 1 aliphatic rings. The first-order chi connectivity index (χ1) is 6.29. The predicted octanol–water partition coefficient (Wildman–Crippen LogP) is 1.44. The number of aryl methyl sites for hydroxylation is 2. The molecule has 0 aliphatic heterocycles. The zero-order chi connectivity index (χ0) is 9.26. The van der Waals surface area contributed by atoms with Crippen molar-refractivity contribution in [3.8, 4) is 0 Å². The molecule has 0 radical (unpaired) electrons. The monoisotopic (exact) mass is 180 g/mol. The van der Waals surface area contributed by atoms with Crippen molar-refractivity contribution in [3.63, 3.8) is 0 Å². The van der Waals surface area contributed by atoms with Gasteiger partial charge >= 0.3 is 0 Å². The maximum atomic E-state index is 5.85. The van der Waals surface area contributed by atoms with Crippen LogP contribution in [-0.4, -0.2) is 11.0 Å². The third-order valence-electron chi connectivity index (χ3n) is 2.48. The van der Waals surface area contributed by atoms with Gasteiger partial charge in [0.2, 0.25) is 0 Å². The summed E-state index contributed by atoms with van der Waals surface area (Å²) < 4.78 is 5.63. The van der Waals surface area contributed by atoms with Crippen molar-refractivity contribution in [1.29, 1.82) is 0 Å². The van der Waals surface area contributed by atoms with Crippen molar-refractivity contribution in [2.24, 2.45) is 5.73 Å². The summed E-state index contributed by atoms with van der Waals surface area (Å²) in [6.45, 7) is 2.13. The summed E-state index contributed by atoms with van der Waals surface area (Å²) in [5.74, 6) is 1.96. The molecule has 0 aromatic carbocycles. The van der Waals surface area contributed by atoms with Crippen LogP contribution in [0.1, 0.15) is 37.1 Å². The normalized spacial score (nSPS) is 21.5. The SMILES string of the molecule is CCCc1nc2c(o1)CCC(N)C2. The Morgan fingerprint density at radius 3 is 3.23 bits per heavy atom. The lowest BCUT2D eigenvalue weighted by molar-refractivity contribution is 0.426. The lowest BCUT2D eigenvalue weighted by Gasteiger charge is -2.14. The second-order valence-corrected chi connectivity index (χ2v) is 3.73. The first-order valence-corrected chi connectivity index (χ1v) is 5.02. The Balaban J connectivity index is 2.18. The quantitative estimate of drug-likeness (QED) is 0.749. The van der Waals surface area contributed by atoms with Gasteiger partial charge in [-0.2, -0.15) is 0 Å². The molecule has 0 bridgehead atoms. The van der Waals surface area contributed by atoms with Crippen LogP contribution >= 0.6 is 0 Å². The molecule has 3 nitrogen and oxygen atoms in total. The number of nitrogens with zero attached hydrogens (tertiary/aromatic N) is 1. The fraction of sp³-hybridized carbons (Fsp3) is 0.700. The summed E-state index contributed by atoms with van der Waals surface area (Å²) in [5, 5.41) is 0. The third kappa shape index (κ3) is 1.75. The van der Waals surface area contributed by atoms with Crippen LogP contribution in [0.2, 0.25) is 0 Å². The highest BCUT2D eigenvalue weighted by Crippen LogP contribution is 2.21. The van der Waals surface area contributed by atoms with Gasteiger partial charge in [-0.05, 0) is 12.8 Å². The van der Waals surface area contributed by atoms with Crippen LogP contribution in [0.25, 0.3) is 0 Å². The molecule has 0 spiro atoms. The molecule has 2 rings (SSSR count). The zero-order valence-corrected chi connectivity index (χ0v) is 8.05. The Bertz CT molecular complexity index is 293. The Morgan fingerprint density at radius 1 is 1.62 bits per heavy atom. The minimum Gasteiger partial charge on any atom is -0.445 e. The Morgan fingerprint density at radius 2 is 2.46 bits per heavy atom. The van der Waals surface area contributed by atoms with E-state index >= 15 is 0 Å². The highest BCUT2D eigenvalue weighted by molar-refractivity contribution is 5.15. The van der Waals surface area contributed by atoms with E-state index in [2.05, 4.69) is 11.9 Å².